The molecule has 9 atom stereocenters. The van der Waals surface area contributed by atoms with Crippen LogP contribution in [0.1, 0.15) is 47.9 Å². The van der Waals surface area contributed by atoms with Gasteiger partial charge >= 0.3 is 0 Å². The first-order valence-corrected chi connectivity index (χ1v) is 16.1. The Morgan fingerprint density at radius 1 is 0.955 bits per heavy atom. The number of carbonyl (C=O) groups excluding carboxylic acids is 1. The summed E-state index contributed by atoms with van der Waals surface area (Å²) in [6, 6.07) is 8.66. The predicted octanol–water partition coefficient (Wildman–Crippen LogP) is 2.21. The molecule has 4 heterocycles. The highest BCUT2D eigenvalue weighted by atomic mass is 16.5. The van der Waals surface area contributed by atoms with Crippen LogP contribution >= 0.6 is 0 Å². The number of carbonyl (C=O) groups is 1. The summed E-state index contributed by atoms with van der Waals surface area (Å²) < 4.78 is 23.4. The molecule has 44 heavy (non-hydrogen) atoms. The zero-order valence-electron chi connectivity index (χ0n) is 25.5. The number of hydrogen-bond donors (Lipinski definition) is 3. The molecule has 2 spiro atoms. The molecule has 2 aromatic rings. The van der Waals surface area contributed by atoms with E-state index in [-0.39, 0.29) is 23.3 Å². The van der Waals surface area contributed by atoms with Crippen molar-refractivity contribution in [3.63, 3.8) is 0 Å². The topological polar surface area (TPSA) is 110 Å². The first kappa shape index (κ1) is 27.2. The highest BCUT2D eigenvalue weighted by molar-refractivity contribution is 5.90. The van der Waals surface area contributed by atoms with Crippen LogP contribution in [0, 0.1) is 5.92 Å². The second kappa shape index (κ2) is 9.00. The van der Waals surface area contributed by atoms with Crippen LogP contribution in [-0.4, -0.2) is 91.2 Å². The van der Waals surface area contributed by atoms with Crippen LogP contribution in [-0.2, 0) is 28.5 Å². The number of aliphatic hydroxyl groups excluding tert-OH is 1. The van der Waals surface area contributed by atoms with E-state index >= 15 is 0 Å². The van der Waals surface area contributed by atoms with Crippen molar-refractivity contribution in [1.29, 1.82) is 0 Å². The monoisotopic (exact) mass is 600 g/mol. The summed E-state index contributed by atoms with van der Waals surface area (Å²) in [7, 11) is 5.38. The fourth-order valence-electron chi connectivity index (χ4n) is 10.8. The molecule has 2 saturated heterocycles. The van der Waals surface area contributed by atoms with Gasteiger partial charge in [-0.2, -0.15) is 0 Å². The van der Waals surface area contributed by atoms with Crippen LogP contribution < -0.4 is 24.3 Å². The number of rotatable bonds is 2. The molecule has 0 radical (unpaired) electrons. The van der Waals surface area contributed by atoms with Crippen LogP contribution in [0.25, 0.3) is 0 Å². The van der Waals surface area contributed by atoms with E-state index in [4.69, 9.17) is 18.9 Å². The van der Waals surface area contributed by atoms with Crippen LogP contribution in [0.5, 0.6) is 23.0 Å². The summed E-state index contributed by atoms with van der Waals surface area (Å²) in [6.07, 6.45) is 7.33. The number of ether oxygens (including phenoxy) is 4. The summed E-state index contributed by atoms with van der Waals surface area (Å²) in [5.41, 5.74) is 3.31. The molecule has 232 valence electrons. The molecular formula is C35H40N2O7. The Balaban J connectivity index is 0.000000123. The number of Topliss-reactive ketones (excluding diaryl/α,β-unsaturated/α-hetero) is 1. The van der Waals surface area contributed by atoms with Gasteiger partial charge in [-0.15, -0.1) is 0 Å². The first-order chi connectivity index (χ1) is 21.3. The van der Waals surface area contributed by atoms with Gasteiger partial charge < -0.3 is 39.4 Å². The van der Waals surface area contributed by atoms with Crippen LogP contribution in [0.3, 0.4) is 0 Å². The van der Waals surface area contributed by atoms with Crippen molar-refractivity contribution in [1.82, 2.24) is 10.2 Å². The lowest BCUT2D eigenvalue weighted by Gasteiger charge is -2.62. The lowest BCUT2D eigenvalue weighted by Crippen LogP contribution is -2.76. The van der Waals surface area contributed by atoms with Crippen molar-refractivity contribution in [3.05, 3.63) is 58.7 Å². The number of hydrogen-bond acceptors (Lipinski definition) is 9. The highest BCUT2D eigenvalue weighted by Gasteiger charge is 2.73. The van der Waals surface area contributed by atoms with Crippen molar-refractivity contribution >= 4 is 5.78 Å². The van der Waals surface area contributed by atoms with E-state index in [1.165, 1.54) is 16.7 Å². The van der Waals surface area contributed by atoms with Crippen LogP contribution in [0.2, 0.25) is 0 Å². The molecule has 10 rings (SSSR count). The van der Waals surface area contributed by atoms with Crippen molar-refractivity contribution < 1.29 is 34.0 Å². The molecule has 9 heteroatoms. The minimum absolute atomic E-state index is 0.0438. The molecule has 3 fully saturated rings. The van der Waals surface area contributed by atoms with Crippen molar-refractivity contribution in [2.75, 3.05) is 34.4 Å². The van der Waals surface area contributed by atoms with Gasteiger partial charge in [-0.1, -0.05) is 24.3 Å². The summed E-state index contributed by atoms with van der Waals surface area (Å²) >= 11 is 0. The Morgan fingerprint density at radius 2 is 1.68 bits per heavy atom. The average molecular weight is 601 g/mol. The van der Waals surface area contributed by atoms with Crippen molar-refractivity contribution in [2.24, 2.45) is 5.92 Å². The summed E-state index contributed by atoms with van der Waals surface area (Å²) in [4.78, 5) is 14.9. The van der Waals surface area contributed by atoms with Gasteiger partial charge in [0, 0.05) is 41.0 Å². The molecule has 9 nitrogen and oxygen atoms in total. The van der Waals surface area contributed by atoms with Gasteiger partial charge in [-0.05, 0) is 75.5 Å². The van der Waals surface area contributed by atoms with Crippen LogP contribution in [0.4, 0.5) is 0 Å². The van der Waals surface area contributed by atoms with E-state index in [9.17, 15) is 15.0 Å². The number of likely N-dealkylation sites (tertiary alicyclic amines) is 1. The Hall–Kier alpha value is -3.11. The van der Waals surface area contributed by atoms with Gasteiger partial charge in [-0.25, -0.2) is 0 Å². The van der Waals surface area contributed by atoms with Crippen molar-refractivity contribution in [2.45, 2.75) is 85.4 Å². The molecule has 2 aromatic carbocycles. The standard InChI is InChI=1S/C18H21NO4.C17H19NO3/c1-19-8-7-17-14-10-3-4-12(22-2)15(14)23-16(17)11(20)5-6-18(17,21)13(19)9-10;1-20-13-5-2-9-8-11-10-3-4-12(19)16-17(10,6-7-18-11)14(9)15(13)21-16/h3-4,13,16,21H,5-9H2,1-2H3;2-5,10-12,16,18-19H,6-8H2,1H3/t13-,16+,17+,18-;10-,11+,12-,16-,17-/m10/s1. The van der Waals surface area contributed by atoms with E-state index in [0.29, 0.717) is 36.3 Å². The first-order valence-electron chi connectivity index (χ1n) is 16.1. The smallest absolute Gasteiger partial charge is 0.174 e. The van der Waals surface area contributed by atoms with Gasteiger partial charge in [0.1, 0.15) is 12.2 Å². The maximum Gasteiger partial charge on any atom is 0.174 e. The highest BCUT2D eigenvalue weighted by Crippen LogP contribution is 2.65. The summed E-state index contributed by atoms with van der Waals surface area (Å²) in [5, 5.41) is 25.9. The second-order valence-electron chi connectivity index (χ2n) is 14.1. The molecule has 0 amide bonds. The number of piperidine rings is 2. The molecule has 1 saturated carbocycles. The van der Waals surface area contributed by atoms with Gasteiger partial charge in [0.15, 0.2) is 34.9 Å². The Morgan fingerprint density at radius 3 is 2.43 bits per heavy atom. The molecular weight excluding hydrogens is 560 g/mol. The lowest BCUT2D eigenvalue weighted by atomic mass is 9.49. The van der Waals surface area contributed by atoms with Gasteiger partial charge in [-0.3, -0.25) is 4.79 Å². The molecule has 4 bridgehead atoms. The third-order valence-corrected chi connectivity index (χ3v) is 12.6. The van der Waals surface area contributed by atoms with Gasteiger partial charge in [0.2, 0.25) is 0 Å². The molecule has 4 aliphatic heterocycles. The maximum absolute atomic E-state index is 12.7. The number of nitrogens with zero attached hydrogens (tertiary/aromatic N) is 1. The number of nitrogens with one attached hydrogen (secondary N) is 1. The van der Waals surface area contributed by atoms with E-state index < -0.39 is 23.2 Å². The molecule has 0 unspecified atom stereocenters. The zero-order chi connectivity index (χ0) is 30.2. The summed E-state index contributed by atoms with van der Waals surface area (Å²) in [6.45, 7) is 1.86. The molecule has 4 aliphatic carbocycles. The predicted molar refractivity (Wildman–Crippen MR) is 161 cm³/mol. The Bertz CT molecular complexity index is 1620. The largest absolute Gasteiger partial charge is 0.493 e. The fourth-order valence-corrected chi connectivity index (χ4v) is 10.8. The van der Waals surface area contributed by atoms with E-state index in [2.05, 4.69) is 35.5 Å². The number of methoxy groups -OCH3 is 2. The maximum atomic E-state index is 12.7. The SMILES string of the molecule is COc1ccc2c3c1O[C@H]1C(=O)CC[C@@]4(O)[C@@H](C2)N(C)CC[C@]314.COc1ccc2c3c1O[C@H]1[C@@H](O)C=C[C@H]4[C@@H](C2)NCC[C@@]341. The van der Waals surface area contributed by atoms with E-state index in [1.54, 1.807) is 14.2 Å². The molecule has 8 aliphatic rings. The van der Waals surface area contributed by atoms with Crippen LogP contribution in [0.15, 0.2) is 36.4 Å². The fraction of sp³-hybridized carbons (Fsp3) is 0.571. The minimum atomic E-state index is -0.900. The number of likely N-dealkylation sites (N-methyl/N-ethyl adjacent to an activating group) is 1. The van der Waals surface area contributed by atoms with Crippen molar-refractivity contribution in [3.8, 4) is 23.0 Å². The van der Waals surface area contributed by atoms with E-state index in [1.807, 2.05) is 18.2 Å². The number of aliphatic hydroxyl groups is 2. The Kier molecular flexibility index (Phi) is 5.57. The van der Waals surface area contributed by atoms with Gasteiger partial charge in [0.25, 0.3) is 0 Å². The average Bonchev–Trinajstić information content (AvgIpc) is 3.56. The normalized spacial score (nSPS) is 41.0. The minimum Gasteiger partial charge on any atom is -0.493 e. The summed E-state index contributed by atoms with van der Waals surface area (Å²) in [5.74, 6) is 3.53. The zero-order valence-corrected chi connectivity index (χ0v) is 25.5. The van der Waals surface area contributed by atoms with E-state index in [0.717, 1.165) is 55.8 Å². The van der Waals surface area contributed by atoms with Gasteiger partial charge in [0.05, 0.1) is 25.2 Å². The number of benzene rings is 2. The third kappa shape index (κ3) is 3.02. The molecule has 0 aromatic heterocycles. The molecule has 3 N–H and O–H groups in total. The third-order valence-electron chi connectivity index (χ3n) is 12.6. The lowest BCUT2D eigenvalue weighted by molar-refractivity contribution is -0.185. The Labute approximate surface area is 257 Å². The number of ketones is 1. The second-order valence-corrected chi connectivity index (χ2v) is 14.1. The quantitative estimate of drug-likeness (QED) is 0.447.